The molecule has 5 nitrogen and oxygen atoms in total. The highest BCUT2D eigenvalue weighted by Gasteiger charge is 2.24. The van der Waals surface area contributed by atoms with Gasteiger partial charge in [-0.3, -0.25) is 4.79 Å². The number of nitrogens with one attached hydrogen (secondary N) is 1. The van der Waals surface area contributed by atoms with Crippen molar-refractivity contribution < 1.29 is 18.3 Å². The van der Waals surface area contributed by atoms with Crippen molar-refractivity contribution in [3.8, 4) is 0 Å². The summed E-state index contributed by atoms with van der Waals surface area (Å²) in [6.45, 7) is 1.13. The van der Waals surface area contributed by atoms with E-state index in [1.165, 1.54) is 19.1 Å². The van der Waals surface area contributed by atoms with E-state index >= 15 is 0 Å². The van der Waals surface area contributed by atoms with Crippen LogP contribution >= 0.6 is 39.1 Å². The molecule has 0 amide bonds. The van der Waals surface area contributed by atoms with Gasteiger partial charge in [0.25, 0.3) is 0 Å². The van der Waals surface area contributed by atoms with Crippen molar-refractivity contribution in [2.45, 2.75) is 11.8 Å². The van der Waals surface area contributed by atoms with Crippen molar-refractivity contribution >= 4 is 55.1 Å². The molecular formula is C10H10BrCl2NO4S. The molecule has 0 spiro atoms. The zero-order valence-electron chi connectivity index (χ0n) is 9.65. The van der Waals surface area contributed by atoms with Gasteiger partial charge in [-0.05, 0) is 12.1 Å². The molecule has 1 unspecified atom stereocenters. The third-order valence-corrected chi connectivity index (χ3v) is 5.04. The monoisotopic (exact) mass is 389 g/mol. The van der Waals surface area contributed by atoms with E-state index in [1.807, 2.05) is 0 Å². The largest absolute Gasteiger partial charge is 0.481 e. The van der Waals surface area contributed by atoms with Crippen molar-refractivity contribution in [3.63, 3.8) is 0 Å². The number of hydrogen-bond acceptors (Lipinski definition) is 3. The Labute approximate surface area is 129 Å². The summed E-state index contributed by atoms with van der Waals surface area (Å²) in [5, 5.41) is 8.61. The molecule has 0 saturated heterocycles. The van der Waals surface area contributed by atoms with Crippen molar-refractivity contribution in [2.24, 2.45) is 5.92 Å². The van der Waals surface area contributed by atoms with Gasteiger partial charge in [0, 0.05) is 11.0 Å². The maximum Gasteiger partial charge on any atom is 0.307 e. The summed E-state index contributed by atoms with van der Waals surface area (Å²) in [6, 6.07) is 2.78. The Balaban J connectivity index is 3.05. The van der Waals surface area contributed by atoms with E-state index < -0.39 is 21.9 Å². The number of sulfonamides is 1. The van der Waals surface area contributed by atoms with E-state index in [0.29, 0.717) is 4.47 Å². The van der Waals surface area contributed by atoms with Crippen LogP contribution in [0.5, 0.6) is 0 Å². The molecule has 1 rings (SSSR count). The number of carboxylic acid groups (broad SMARTS) is 1. The Morgan fingerprint density at radius 1 is 1.42 bits per heavy atom. The van der Waals surface area contributed by atoms with Gasteiger partial charge in [-0.1, -0.05) is 46.1 Å². The molecule has 0 saturated carbocycles. The predicted octanol–water partition coefficient (Wildman–Crippen LogP) is 2.75. The topological polar surface area (TPSA) is 83.5 Å². The van der Waals surface area contributed by atoms with Gasteiger partial charge in [0.15, 0.2) is 0 Å². The van der Waals surface area contributed by atoms with Crippen LogP contribution in [0.1, 0.15) is 6.92 Å². The van der Waals surface area contributed by atoms with Gasteiger partial charge in [-0.2, -0.15) is 0 Å². The summed E-state index contributed by atoms with van der Waals surface area (Å²) in [4.78, 5) is 10.4. The molecule has 1 aromatic carbocycles. The zero-order valence-corrected chi connectivity index (χ0v) is 13.6. The van der Waals surface area contributed by atoms with E-state index in [2.05, 4.69) is 20.7 Å². The van der Waals surface area contributed by atoms with Gasteiger partial charge >= 0.3 is 5.97 Å². The summed E-state index contributed by atoms with van der Waals surface area (Å²) in [5.41, 5.74) is 0. The zero-order chi connectivity index (χ0) is 14.8. The molecular weight excluding hydrogens is 381 g/mol. The molecule has 1 aromatic rings. The summed E-state index contributed by atoms with van der Waals surface area (Å²) in [5.74, 6) is -1.96. The quantitative estimate of drug-likeness (QED) is 0.809. The SMILES string of the molecule is CC(CNS(=O)(=O)c1c(Cl)cc(Br)cc1Cl)C(=O)O. The third kappa shape index (κ3) is 4.32. The lowest BCUT2D eigenvalue weighted by molar-refractivity contribution is -0.140. The Hall–Kier alpha value is -0.340. The first kappa shape index (κ1) is 16.7. The van der Waals surface area contributed by atoms with Crippen LogP contribution in [-0.4, -0.2) is 26.0 Å². The maximum atomic E-state index is 12.0. The summed E-state index contributed by atoms with van der Waals surface area (Å²) < 4.78 is 26.8. The molecule has 2 N–H and O–H groups in total. The molecule has 0 radical (unpaired) electrons. The normalized spacial score (nSPS) is 13.3. The van der Waals surface area contributed by atoms with Gasteiger partial charge in [0.05, 0.1) is 16.0 Å². The van der Waals surface area contributed by atoms with Crippen LogP contribution in [0, 0.1) is 5.92 Å². The van der Waals surface area contributed by atoms with Gasteiger partial charge < -0.3 is 5.11 Å². The minimum absolute atomic E-state index is 0.0464. The Bertz CT molecular complexity index is 583. The van der Waals surface area contributed by atoms with Gasteiger partial charge in [0.2, 0.25) is 10.0 Å². The molecule has 0 aliphatic carbocycles. The highest BCUT2D eigenvalue weighted by Crippen LogP contribution is 2.32. The molecule has 0 aromatic heterocycles. The molecule has 0 aliphatic heterocycles. The lowest BCUT2D eigenvalue weighted by atomic mass is 10.2. The fraction of sp³-hybridized carbons (Fsp3) is 0.300. The van der Waals surface area contributed by atoms with Crippen LogP contribution in [-0.2, 0) is 14.8 Å². The second-order valence-electron chi connectivity index (χ2n) is 3.79. The van der Waals surface area contributed by atoms with Gasteiger partial charge in [0.1, 0.15) is 4.90 Å². The number of halogens is 3. The number of carboxylic acids is 1. The molecule has 0 heterocycles. The minimum Gasteiger partial charge on any atom is -0.481 e. The fourth-order valence-electron chi connectivity index (χ4n) is 1.18. The standard InChI is InChI=1S/C10H10BrCl2NO4S/c1-5(10(15)16)4-14-19(17,18)9-7(12)2-6(11)3-8(9)13/h2-3,5,14H,4H2,1H3,(H,15,16). The molecule has 0 bridgehead atoms. The van der Waals surface area contributed by atoms with Crippen molar-refractivity contribution in [2.75, 3.05) is 6.54 Å². The van der Waals surface area contributed by atoms with Crippen LogP contribution in [0.2, 0.25) is 10.0 Å². The average molecular weight is 391 g/mol. The molecule has 1 atom stereocenters. The number of aliphatic carboxylic acids is 1. The minimum atomic E-state index is -3.97. The first-order valence-electron chi connectivity index (χ1n) is 5.02. The average Bonchev–Trinajstić information content (AvgIpc) is 2.23. The van der Waals surface area contributed by atoms with Crippen LogP contribution in [0.25, 0.3) is 0 Å². The second-order valence-corrected chi connectivity index (χ2v) is 7.22. The second kappa shape index (κ2) is 6.41. The van der Waals surface area contributed by atoms with E-state index in [1.54, 1.807) is 0 Å². The van der Waals surface area contributed by atoms with Crippen LogP contribution in [0.15, 0.2) is 21.5 Å². The third-order valence-electron chi connectivity index (χ3n) is 2.23. The highest BCUT2D eigenvalue weighted by molar-refractivity contribution is 9.10. The Morgan fingerprint density at radius 3 is 2.32 bits per heavy atom. The number of rotatable bonds is 5. The molecule has 0 aliphatic rings. The molecule has 9 heteroatoms. The van der Waals surface area contributed by atoms with Crippen molar-refractivity contribution in [1.29, 1.82) is 0 Å². The van der Waals surface area contributed by atoms with Crippen molar-refractivity contribution in [1.82, 2.24) is 4.72 Å². The first-order chi connectivity index (χ1) is 8.65. The van der Waals surface area contributed by atoms with Crippen LogP contribution in [0.4, 0.5) is 0 Å². The van der Waals surface area contributed by atoms with E-state index in [9.17, 15) is 13.2 Å². The Morgan fingerprint density at radius 2 is 1.89 bits per heavy atom. The van der Waals surface area contributed by atoms with E-state index in [-0.39, 0.29) is 21.5 Å². The molecule has 0 fully saturated rings. The summed E-state index contributed by atoms with van der Waals surface area (Å²) in [7, 11) is -3.97. The number of hydrogen-bond donors (Lipinski definition) is 2. The molecule has 19 heavy (non-hydrogen) atoms. The van der Waals surface area contributed by atoms with Gasteiger partial charge in [-0.15, -0.1) is 0 Å². The van der Waals surface area contributed by atoms with Crippen molar-refractivity contribution in [3.05, 3.63) is 26.7 Å². The lowest BCUT2D eigenvalue weighted by Crippen LogP contribution is -2.31. The number of benzene rings is 1. The van der Waals surface area contributed by atoms with Gasteiger partial charge in [-0.25, -0.2) is 13.1 Å². The summed E-state index contributed by atoms with van der Waals surface area (Å²) in [6.07, 6.45) is 0. The van der Waals surface area contributed by atoms with Crippen LogP contribution < -0.4 is 4.72 Å². The maximum absolute atomic E-state index is 12.0. The number of carbonyl (C=O) groups is 1. The lowest BCUT2D eigenvalue weighted by Gasteiger charge is -2.12. The molecule has 106 valence electrons. The first-order valence-corrected chi connectivity index (χ1v) is 8.05. The smallest absolute Gasteiger partial charge is 0.307 e. The van der Waals surface area contributed by atoms with Crippen LogP contribution in [0.3, 0.4) is 0 Å². The highest BCUT2D eigenvalue weighted by atomic mass is 79.9. The van der Waals surface area contributed by atoms with E-state index in [0.717, 1.165) is 0 Å². The predicted molar refractivity (Wildman–Crippen MR) is 76.2 cm³/mol. The van der Waals surface area contributed by atoms with E-state index in [4.69, 9.17) is 28.3 Å². The fourth-order valence-corrected chi connectivity index (χ4v) is 4.24. The Kier molecular flexibility index (Phi) is 5.64. The summed E-state index contributed by atoms with van der Waals surface area (Å²) >= 11 is 14.8.